The third-order valence-corrected chi connectivity index (χ3v) is 4.25. The first-order valence-electron chi connectivity index (χ1n) is 5.89. The molecule has 0 aliphatic carbocycles. The number of carbonyl (C=O) groups is 1. The number of halogens is 7. The molecule has 0 bridgehead atoms. The van der Waals surface area contributed by atoms with Crippen molar-refractivity contribution < 1.29 is 48.7 Å². The number of sulfone groups is 1. The molecule has 0 radical (unpaired) electrons. The van der Waals surface area contributed by atoms with Crippen LogP contribution in [0.15, 0.2) is 12.2 Å². The van der Waals surface area contributed by atoms with Crippen LogP contribution >= 0.6 is 0 Å². The predicted octanol–water partition coefficient (Wildman–Crippen LogP) is 2.74. The van der Waals surface area contributed by atoms with Crippen molar-refractivity contribution >= 4 is 15.8 Å². The number of hydrogen-bond donors (Lipinski definition) is 0. The van der Waals surface area contributed by atoms with E-state index in [1.807, 2.05) is 0 Å². The van der Waals surface area contributed by atoms with Gasteiger partial charge < -0.3 is 4.74 Å². The molecule has 23 heavy (non-hydrogen) atoms. The smallest absolute Gasteiger partial charge is 0.431 e. The van der Waals surface area contributed by atoms with Crippen LogP contribution in [0.1, 0.15) is 13.3 Å². The van der Waals surface area contributed by atoms with E-state index in [9.17, 15) is 43.9 Å². The van der Waals surface area contributed by atoms with E-state index in [4.69, 9.17) is 0 Å². The summed E-state index contributed by atoms with van der Waals surface area (Å²) >= 11 is 0. The van der Waals surface area contributed by atoms with E-state index in [0.717, 1.165) is 0 Å². The second-order valence-corrected chi connectivity index (χ2v) is 6.92. The zero-order valence-electron chi connectivity index (χ0n) is 11.7. The molecule has 0 heterocycles. The lowest BCUT2D eigenvalue weighted by atomic mass is 10.0. The second kappa shape index (κ2) is 7.05. The molecule has 0 amide bonds. The molecule has 0 aliphatic heterocycles. The molecule has 0 saturated heterocycles. The van der Waals surface area contributed by atoms with Crippen LogP contribution in [-0.4, -0.2) is 50.5 Å². The van der Waals surface area contributed by atoms with Gasteiger partial charge in [0.05, 0.1) is 11.5 Å². The Balaban J connectivity index is 4.85. The Hall–Kier alpha value is -1.33. The lowest BCUT2D eigenvalue weighted by Gasteiger charge is -2.29. The van der Waals surface area contributed by atoms with Crippen molar-refractivity contribution in [3.05, 3.63) is 12.2 Å². The number of ether oxygens (including phenoxy) is 1. The summed E-state index contributed by atoms with van der Waals surface area (Å²) in [6.07, 6.45) is -15.0. The number of esters is 1. The van der Waals surface area contributed by atoms with Gasteiger partial charge in [-0.3, -0.25) is 0 Å². The molecule has 0 N–H and O–H groups in total. The van der Waals surface area contributed by atoms with Gasteiger partial charge in [-0.05, 0) is 6.92 Å². The van der Waals surface area contributed by atoms with Crippen molar-refractivity contribution in [1.29, 1.82) is 0 Å². The summed E-state index contributed by atoms with van der Waals surface area (Å²) in [4.78, 5) is 10.9. The monoisotopic (exact) mass is 374 g/mol. The Morgan fingerprint density at radius 2 is 1.43 bits per heavy atom. The molecule has 0 spiro atoms. The third kappa shape index (κ3) is 5.99. The number of carbonyl (C=O) groups excluding carboxylic acids is 1. The molecule has 0 saturated carbocycles. The van der Waals surface area contributed by atoms with Gasteiger partial charge in [-0.2, -0.15) is 26.3 Å². The van der Waals surface area contributed by atoms with Crippen molar-refractivity contribution in [1.82, 2.24) is 0 Å². The predicted molar refractivity (Wildman–Crippen MR) is 65.0 cm³/mol. The maximum Gasteiger partial charge on any atom is 0.431 e. The number of alkyl halides is 7. The molecule has 0 unspecified atom stereocenters. The van der Waals surface area contributed by atoms with Crippen LogP contribution in [0, 0.1) is 0 Å². The zero-order valence-corrected chi connectivity index (χ0v) is 12.5. The van der Waals surface area contributed by atoms with Crippen molar-refractivity contribution in [2.75, 3.05) is 18.1 Å². The zero-order chi connectivity index (χ0) is 18.7. The van der Waals surface area contributed by atoms with Crippen molar-refractivity contribution in [3.8, 4) is 0 Å². The highest BCUT2D eigenvalue weighted by Crippen LogP contribution is 2.48. The molecule has 136 valence electrons. The van der Waals surface area contributed by atoms with Crippen LogP contribution in [0.25, 0.3) is 0 Å². The van der Waals surface area contributed by atoms with Gasteiger partial charge in [0.15, 0.2) is 9.84 Å². The van der Waals surface area contributed by atoms with Gasteiger partial charge in [0.25, 0.3) is 5.67 Å². The first-order chi connectivity index (χ1) is 10.0. The van der Waals surface area contributed by atoms with E-state index in [1.54, 1.807) is 0 Å². The van der Waals surface area contributed by atoms with Crippen LogP contribution < -0.4 is 0 Å². The molecule has 0 aliphatic rings. The molecule has 0 rings (SSSR count). The van der Waals surface area contributed by atoms with Gasteiger partial charge in [0, 0.05) is 12.0 Å². The van der Waals surface area contributed by atoms with Crippen LogP contribution in [0.3, 0.4) is 0 Å². The molecule has 4 nitrogen and oxygen atoms in total. The van der Waals surface area contributed by atoms with Gasteiger partial charge in [-0.25, -0.2) is 17.6 Å². The summed E-state index contributed by atoms with van der Waals surface area (Å²) in [5, 5.41) is 0. The quantitative estimate of drug-likeness (QED) is 0.391. The van der Waals surface area contributed by atoms with E-state index in [2.05, 4.69) is 11.3 Å². The molecular formula is C11H13F7O4S. The van der Waals surface area contributed by atoms with Gasteiger partial charge >= 0.3 is 18.3 Å². The third-order valence-electron chi connectivity index (χ3n) is 2.63. The Kier molecular flexibility index (Phi) is 6.65. The minimum absolute atomic E-state index is 0.0840. The highest BCUT2D eigenvalue weighted by molar-refractivity contribution is 7.91. The normalized spacial score (nSPS) is 13.7. The van der Waals surface area contributed by atoms with Crippen LogP contribution in [0.5, 0.6) is 0 Å². The van der Waals surface area contributed by atoms with Crippen molar-refractivity contribution in [2.24, 2.45) is 0 Å². The lowest BCUT2D eigenvalue weighted by Crippen LogP contribution is -2.54. The average Bonchev–Trinajstić information content (AvgIpc) is 2.32. The average molecular weight is 374 g/mol. The molecule has 0 fully saturated rings. The SMILES string of the molecule is C=C(C)C(=O)OCCS(=O)(=O)CCC(F)(C(F)(F)F)C(F)(F)F. The number of hydrogen-bond acceptors (Lipinski definition) is 4. The minimum Gasteiger partial charge on any atom is -0.461 e. The lowest BCUT2D eigenvalue weighted by molar-refractivity contribution is -0.341. The Morgan fingerprint density at radius 1 is 1.00 bits per heavy atom. The van der Waals surface area contributed by atoms with Gasteiger partial charge in [-0.15, -0.1) is 0 Å². The van der Waals surface area contributed by atoms with Crippen molar-refractivity contribution in [2.45, 2.75) is 31.4 Å². The fourth-order valence-electron chi connectivity index (χ4n) is 1.23. The summed E-state index contributed by atoms with van der Waals surface area (Å²) in [6.45, 7) is 3.61. The summed E-state index contributed by atoms with van der Waals surface area (Å²) in [5.41, 5.74) is -5.72. The fourth-order valence-corrected chi connectivity index (χ4v) is 2.36. The van der Waals surface area contributed by atoms with Crippen LogP contribution in [0.2, 0.25) is 0 Å². The highest BCUT2D eigenvalue weighted by atomic mass is 32.2. The fraction of sp³-hybridized carbons (Fsp3) is 0.727. The molecule has 12 heteroatoms. The second-order valence-electron chi connectivity index (χ2n) is 4.61. The molecular weight excluding hydrogens is 361 g/mol. The Morgan fingerprint density at radius 3 is 1.78 bits per heavy atom. The first kappa shape index (κ1) is 21.7. The van der Waals surface area contributed by atoms with E-state index < -0.39 is 58.4 Å². The number of rotatable bonds is 7. The van der Waals surface area contributed by atoms with E-state index in [0.29, 0.717) is 0 Å². The van der Waals surface area contributed by atoms with Gasteiger partial charge in [0.1, 0.15) is 6.61 Å². The first-order valence-corrected chi connectivity index (χ1v) is 7.71. The summed E-state index contributed by atoms with van der Waals surface area (Å²) in [6, 6.07) is 0. The maximum atomic E-state index is 13.3. The van der Waals surface area contributed by atoms with Crippen LogP contribution in [-0.2, 0) is 19.4 Å². The topological polar surface area (TPSA) is 60.4 Å². The summed E-state index contributed by atoms with van der Waals surface area (Å²) in [7, 11) is -4.50. The molecule has 0 aromatic carbocycles. The standard InChI is InChI=1S/C11H13F7O4S/c1-7(2)8(19)22-4-6-23(20,21)5-3-9(12,10(13,14)15)11(16,17)18/h1,3-6H2,2H3. The Bertz CT molecular complexity index is 534. The molecule has 0 aromatic heterocycles. The molecule has 0 aromatic rings. The van der Waals surface area contributed by atoms with Crippen LogP contribution in [0.4, 0.5) is 30.7 Å². The summed E-state index contributed by atoms with van der Waals surface area (Å²) in [5.74, 6) is -3.74. The van der Waals surface area contributed by atoms with Crippen molar-refractivity contribution in [3.63, 3.8) is 0 Å². The largest absolute Gasteiger partial charge is 0.461 e. The highest BCUT2D eigenvalue weighted by Gasteiger charge is 2.72. The summed E-state index contributed by atoms with van der Waals surface area (Å²) < 4.78 is 114. The Labute approximate surface area is 127 Å². The minimum atomic E-state index is -6.31. The van der Waals surface area contributed by atoms with Gasteiger partial charge in [0.2, 0.25) is 0 Å². The molecule has 0 atom stereocenters. The van der Waals surface area contributed by atoms with E-state index in [1.165, 1.54) is 6.92 Å². The maximum absolute atomic E-state index is 13.3. The van der Waals surface area contributed by atoms with E-state index in [-0.39, 0.29) is 5.57 Å². The van der Waals surface area contributed by atoms with E-state index >= 15 is 0 Å². The van der Waals surface area contributed by atoms with Gasteiger partial charge in [-0.1, -0.05) is 6.58 Å².